The topological polar surface area (TPSA) is 47.4 Å². The zero-order chi connectivity index (χ0) is 20.9. The van der Waals surface area contributed by atoms with Crippen LogP contribution in [0.3, 0.4) is 0 Å². The summed E-state index contributed by atoms with van der Waals surface area (Å²) in [5.41, 5.74) is 4.36. The van der Waals surface area contributed by atoms with Crippen LogP contribution in [-0.2, 0) is 19.6 Å². The highest BCUT2D eigenvalue weighted by Gasteiger charge is 2.13. The van der Waals surface area contributed by atoms with Crippen LogP contribution >= 0.6 is 22.9 Å². The molecule has 2 aromatic carbocycles. The maximum Gasteiger partial charge on any atom is 0.255 e. The molecule has 0 bridgehead atoms. The van der Waals surface area contributed by atoms with Crippen LogP contribution in [0.2, 0.25) is 5.02 Å². The quantitative estimate of drug-likeness (QED) is 0.395. The number of para-hydroxylation sites is 1. The fourth-order valence-corrected chi connectivity index (χ4v) is 4.17. The van der Waals surface area contributed by atoms with E-state index >= 15 is 0 Å². The summed E-state index contributed by atoms with van der Waals surface area (Å²) in [5.74, 6) is 0.784. The van der Waals surface area contributed by atoms with Crippen molar-refractivity contribution >= 4 is 33.8 Å². The van der Waals surface area contributed by atoms with E-state index in [0.717, 1.165) is 27.9 Å². The van der Waals surface area contributed by atoms with Gasteiger partial charge in [0.05, 0.1) is 23.3 Å². The molecule has 2 aromatic heterocycles. The standard InChI is InChI=1S/C23H22ClN3O2S/c1-26(14-20-15-30-16-25-20)13-18-11-17-7-8-19(24)12-22(17)27(23(18)28)9-10-29-21-5-3-2-4-6-21/h2-8,11-12,15-16H,9-10,13-14H2,1H3. The van der Waals surface area contributed by atoms with Crippen molar-refractivity contribution in [2.45, 2.75) is 19.6 Å². The van der Waals surface area contributed by atoms with Crippen LogP contribution in [0.5, 0.6) is 5.75 Å². The van der Waals surface area contributed by atoms with Gasteiger partial charge >= 0.3 is 0 Å². The summed E-state index contributed by atoms with van der Waals surface area (Å²) in [4.78, 5) is 19.7. The third-order valence-corrected chi connectivity index (χ3v) is 5.69. The van der Waals surface area contributed by atoms with Crippen LogP contribution in [0.1, 0.15) is 11.3 Å². The van der Waals surface area contributed by atoms with Crippen LogP contribution < -0.4 is 10.3 Å². The van der Waals surface area contributed by atoms with Gasteiger partial charge in [0.15, 0.2) is 0 Å². The Labute approximate surface area is 184 Å². The first-order valence-corrected chi connectivity index (χ1v) is 11.0. The SMILES string of the molecule is CN(Cc1cscn1)Cc1cc2ccc(Cl)cc2n(CCOc2ccccc2)c1=O. The number of fused-ring (bicyclic) bond motifs is 1. The lowest BCUT2D eigenvalue weighted by molar-refractivity contribution is 0.295. The summed E-state index contributed by atoms with van der Waals surface area (Å²) in [6.45, 7) is 2.06. The third-order valence-electron chi connectivity index (χ3n) is 4.82. The maximum absolute atomic E-state index is 13.3. The Morgan fingerprint density at radius 2 is 1.97 bits per heavy atom. The number of ether oxygens (including phenoxy) is 1. The number of benzene rings is 2. The number of rotatable bonds is 8. The van der Waals surface area contributed by atoms with Gasteiger partial charge in [-0.25, -0.2) is 4.98 Å². The second-order valence-corrected chi connectivity index (χ2v) is 8.30. The molecule has 4 rings (SSSR count). The highest BCUT2D eigenvalue weighted by molar-refractivity contribution is 7.07. The van der Waals surface area contributed by atoms with E-state index < -0.39 is 0 Å². The Balaban J connectivity index is 1.60. The molecule has 0 spiro atoms. The van der Waals surface area contributed by atoms with E-state index in [1.54, 1.807) is 15.9 Å². The molecule has 0 saturated heterocycles. The lowest BCUT2D eigenvalue weighted by atomic mass is 10.1. The molecule has 154 valence electrons. The van der Waals surface area contributed by atoms with E-state index in [1.807, 2.05) is 72.5 Å². The molecule has 7 heteroatoms. The lowest BCUT2D eigenvalue weighted by Crippen LogP contribution is -2.30. The van der Waals surface area contributed by atoms with Gasteiger partial charge in [-0.3, -0.25) is 9.69 Å². The fraction of sp³-hybridized carbons (Fsp3) is 0.217. The lowest BCUT2D eigenvalue weighted by Gasteiger charge is -2.18. The average Bonchev–Trinajstić information content (AvgIpc) is 3.24. The summed E-state index contributed by atoms with van der Waals surface area (Å²) in [7, 11) is 1.99. The van der Waals surface area contributed by atoms with Gasteiger partial charge in [-0.15, -0.1) is 11.3 Å². The predicted molar refractivity (Wildman–Crippen MR) is 122 cm³/mol. The van der Waals surface area contributed by atoms with Gasteiger partial charge in [0.25, 0.3) is 5.56 Å². The number of halogens is 1. The minimum absolute atomic E-state index is 0.0217. The second-order valence-electron chi connectivity index (χ2n) is 7.14. The van der Waals surface area contributed by atoms with Gasteiger partial charge in [-0.05, 0) is 42.8 Å². The van der Waals surface area contributed by atoms with Crippen molar-refractivity contribution in [3.63, 3.8) is 0 Å². The first kappa shape index (κ1) is 20.6. The fourth-order valence-electron chi connectivity index (χ4n) is 3.45. The highest BCUT2D eigenvalue weighted by atomic mass is 35.5. The van der Waals surface area contributed by atoms with Crippen molar-refractivity contribution in [3.05, 3.63) is 92.1 Å². The molecule has 0 aliphatic heterocycles. The van der Waals surface area contributed by atoms with Crippen LogP contribution in [0.4, 0.5) is 0 Å². The monoisotopic (exact) mass is 439 g/mol. The molecular weight excluding hydrogens is 418 g/mol. The van der Waals surface area contributed by atoms with E-state index in [-0.39, 0.29) is 5.56 Å². The predicted octanol–water partition coefficient (Wildman–Crippen LogP) is 4.82. The Morgan fingerprint density at radius 1 is 1.13 bits per heavy atom. The minimum atomic E-state index is -0.0217. The summed E-state index contributed by atoms with van der Waals surface area (Å²) in [6, 6.07) is 17.2. The number of aromatic nitrogens is 2. The van der Waals surface area contributed by atoms with E-state index in [0.29, 0.717) is 31.3 Å². The van der Waals surface area contributed by atoms with Gasteiger partial charge in [-0.2, -0.15) is 0 Å². The van der Waals surface area contributed by atoms with Crippen LogP contribution in [0.15, 0.2) is 70.3 Å². The molecule has 4 aromatic rings. The number of pyridine rings is 1. The molecule has 0 radical (unpaired) electrons. The first-order chi connectivity index (χ1) is 14.6. The Hall–Kier alpha value is -2.67. The van der Waals surface area contributed by atoms with Gasteiger partial charge in [0.1, 0.15) is 12.4 Å². The summed E-state index contributed by atoms with van der Waals surface area (Å²) < 4.78 is 7.59. The average molecular weight is 440 g/mol. The Kier molecular flexibility index (Phi) is 6.47. The molecule has 0 saturated carbocycles. The molecule has 30 heavy (non-hydrogen) atoms. The number of hydrogen-bond donors (Lipinski definition) is 0. The number of hydrogen-bond acceptors (Lipinski definition) is 5. The van der Waals surface area contributed by atoms with Crippen molar-refractivity contribution in [1.29, 1.82) is 0 Å². The molecule has 0 N–H and O–H groups in total. The van der Waals surface area contributed by atoms with Crippen LogP contribution in [0, 0.1) is 0 Å². The zero-order valence-corrected chi connectivity index (χ0v) is 18.2. The molecule has 0 fully saturated rings. The van der Waals surface area contributed by atoms with E-state index in [2.05, 4.69) is 9.88 Å². The van der Waals surface area contributed by atoms with Crippen LogP contribution in [-0.4, -0.2) is 28.1 Å². The van der Waals surface area contributed by atoms with E-state index in [9.17, 15) is 4.79 Å². The number of thiazole rings is 1. The van der Waals surface area contributed by atoms with Gasteiger partial charge in [0, 0.05) is 29.1 Å². The summed E-state index contributed by atoms with van der Waals surface area (Å²) in [5, 5.41) is 3.61. The Bertz CT molecular complexity index is 1180. The van der Waals surface area contributed by atoms with Crippen LogP contribution in [0.25, 0.3) is 10.9 Å². The zero-order valence-electron chi connectivity index (χ0n) is 16.6. The molecule has 0 amide bonds. The van der Waals surface area contributed by atoms with Crippen molar-refractivity contribution < 1.29 is 4.74 Å². The minimum Gasteiger partial charge on any atom is -0.492 e. The van der Waals surface area contributed by atoms with Gasteiger partial charge in [0.2, 0.25) is 0 Å². The maximum atomic E-state index is 13.3. The third kappa shape index (κ3) is 4.90. The molecule has 2 heterocycles. The molecular formula is C23H22ClN3O2S. The molecule has 0 atom stereocenters. The van der Waals surface area contributed by atoms with Crippen molar-refractivity contribution in [3.8, 4) is 5.75 Å². The van der Waals surface area contributed by atoms with Gasteiger partial charge in [-0.1, -0.05) is 35.9 Å². The van der Waals surface area contributed by atoms with Crippen molar-refractivity contribution in [2.75, 3.05) is 13.7 Å². The Morgan fingerprint density at radius 3 is 2.73 bits per heavy atom. The smallest absolute Gasteiger partial charge is 0.255 e. The molecule has 0 unspecified atom stereocenters. The summed E-state index contributed by atoms with van der Waals surface area (Å²) >= 11 is 7.79. The summed E-state index contributed by atoms with van der Waals surface area (Å²) in [6.07, 6.45) is 0. The van der Waals surface area contributed by atoms with Crippen molar-refractivity contribution in [1.82, 2.24) is 14.5 Å². The highest BCUT2D eigenvalue weighted by Crippen LogP contribution is 2.20. The van der Waals surface area contributed by atoms with Gasteiger partial charge < -0.3 is 9.30 Å². The normalized spacial score (nSPS) is 11.3. The van der Waals surface area contributed by atoms with E-state index in [4.69, 9.17) is 16.3 Å². The molecule has 0 aliphatic rings. The number of nitrogens with zero attached hydrogens (tertiary/aromatic N) is 3. The largest absolute Gasteiger partial charge is 0.492 e. The molecule has 5 nitrogen and oxygen atoms in total. The van der Waals surface area contributed by atoms with Crippen molar-refractivity contribution in [2.24, 2.45) is 0 Å². The van der Waals surface area contributed by atoms with E-state index in [1.165, 1.54) is 0 Å². The molecule has 0 aliphatic carbocycles. The second kappa shape index (κ2) is 9.43. The first-order valence-electron chi connectivity index (χ1n) is 9.65.